The van der Waals surface area contributed by atoms with Gasteiger partial charge in [0.2, 0.25) is 0 Å². The predicted molar refractivity (Wildman–Crippen MR) is 57.3 cm³/mol. The Labute approximate surface area is 95.6 Å². The molecule has 1 aromatic heterocycles. The van der Waals surface area contributed by atoms with Gasteiger partial charge in [0, 0.05) is 10.6 Å². The number of aromatic nitrogens is 1. The molecule has 76 valence electrons. The first kappa shape index (κ1) is 10.2. The molecule has 0 spiro atoms. The van der Waals surface area contributed by atoms with Crippen LogP contribution in [0.25, 0.3) is 11.3 Å². The van der Waals surface area contributed by atoms with E-state index in [4.69, 9.17) is 27.7 Å². The predicted octanol–water partition coefficient (Wildman–Crippen LogP) is 3.46. The number of rotatable bonds is 2. The molecule has 0 aliphatic rings. The molecule has 0 atom stereocenters. The average molecular weight is 242 g/mol. The maximum absolute atomic E-state index is 10.7. The highest BCUT2D eigenvalue weighted by Gasteiger charge is 2.12. The van der Waals surface area contributed by atoms with Crippen molar-refractivity contribution in [2.75, 3.05) is 0 Å². The molecule has 0 saturated carbocycles. The van der Waals surface area contributed by atoms with Gasteiger partial charge in [0.25, 0.3) is 0 Å². The van der Waals surface area contributed by atoms with E-state index in [1.807, 2.05) is 0 Å². The molecule has 3 nitrogen and oxygen atoms in total. The molecule has 0 aliphatic heterocycles. The third-order valence-electron chi connectivity index (χ3n) is 1.91. The molecular weight excluding hydrogens is 237 g/mol. The van der Waals surface area contributed by atoms with Crippen molar-refractivity contribution in [3.8, 4) is 11.3 Å². The molecule has 0 amide bonds. The lowest BCUT2D eigenvalue weighted by atomic mass is 10.1. The second-order valence-corrected chi connectivity index (χ2v) is 3.70. The van der Waals surface area contributed by atoms with Gasteiger partial charge >= 0.3 is 0 Å². The van der Waals surface area contributed by atoms with Gasteiger partial charge in [-0.2, -0.15) is 0 Å². The smallest absolute Gasteiger partial charge is 0.155 e. The first-order chi connectivity index (χ1) is 7.22. The number of halogens is 2. The highest BCUT2D eigenvalue weighted by molar-refractivity contribution is 6.36. The minimum absolute atomic E-state index is 0.360. The summed E-state index contributed by atoms with van der Waals surface area (Å²) in [6.07, 6.45) is 1.93. The summed E-state index contributed by atoms with van der Waals surface area (Å²) in [4.78, 5) is 10.7. The van der Waals surface area contributed by atoms with Crippen LogP contribution in [0.5, 0.6) is 0 Å². The zero-order valence-electron chi connectivity index (χ0n) is 7.41. The van der Waals surface area contributed by atoms with Gasteiger partial charge in [-0.15, -0.1) is 0 Å². The summed E-state index contributed by atoms with van der Waals surface area (Å²) in [7, 11) is 0. The van der Waals surface area contributed by atoms with Crippen molar-refractivity contribution in [3.05, 3.63) is 40.1 Å². The SMILES string of the molecule is O=Cc1conc1-c1ccc(Cl)cc1Cl. The fourth-order valence-corrected chi connectivity index (χ4v) is 1.71. The first-order valence-electron chi connectivity index (χ1n) is 4.07. The van der Waals surface area contributed by atoms with Crippen LogP contribution in [0.3, 0.4) is 0 Å². The molecular formula is C10H5Cl2NO2. The van der Waals surface area contributed by atoms with Crippen molar-refractivity contribution in [2.45, 2.75) is 0 Å². The molecule has 0 radical (unpaired) electrons. The normalized spacial score (nSPS) is 10.3. The lowest BCUT2D eigenvalue weighted by Crippen LogP contribution is -1.85. The van der Waals surface area contributed by atoms with Gasteiger partial charge in [0.05, 0.1) is 10.6 Å². The summed E-state index contributed by atoms with van der Waals surface area (Å²) in [5.74, 6) is 0. The van der Waals surface area contributed by atoms with E-state index in [9.17, 15) is 4.79 Å². The lowest BCUT2D eigenvalue weighted by molar-refractivity contribution is 0.112. The highest BCUT2D eigenvalue weighted by atomic mass is 35.5. The van der Waals surface area contributed by atoms with Crippen LogP contribution in [0.4, 0.5) is 0 Å². The molecule has 0 bridgehead atoms. The van der Waals surface area contributed by atoms with Crippen LogP contribution in [0.2, 0.25) is 10.0 Å². The van der Waals surface area contributed by atoms with Crippen molar-refractivity contribution in [1.29, 1.82) is 0 Å². The summed E-state index contributed by atoms with van der Waals surface area (Å²) >= 11 is 11.7. The summed E-state index contributed by atoms with van der Waals surface area (Å²) in [6, 6.07) is 4.95. The Bertz CT molecular complexity index is 508. The zero-order valence-corrected chi connectivity index (χ0v) is 8.92. The van der Waals surface area contributed by atoms with Crippen molar-refractivity contribution in [2.24, 2.45) is 0 Å². The Morgan fingerprint density at radius 1 is 1.33 bits per heavy atom. The Kier molecular flexibility index (Phi) is 2.75. The van der Waals surface area contributed by atoms with Crippen LogP contribution in [-0.4, -0.2) is 11.4 Å². The van der Waals surface area contributed by atoms with E-state index in [0.29, 0.717) is 33.2 Å². The van der Waals surface area contributed by atoms with E-state index in [-0.39, 0.29) is 0 Å². The Morgan fingerprint density at radius 2 is 2.13 bits per heavy atom. The summed E-state index contributed by atoms with van der Waals surface area (Å²) in [6.45, 7) is 0. The largest absolute Gasteiger partial charge is 0.363 e. The van der Waals surface area contributed by atoms with Gasteiger partial charge < -0.3 is 4.52 Å². The third-order valence-corrected chi connectivity index (χ3v) is 2.46. The second kappa shape index (κ2) is 4.04. The lowest BCUT2D eigenvalue weighted by Gasteiger charge is -2.00. The van der Waals surface area contributed by atoms with Crippen LogP contribution in [0.15, 0.2) is 29.0 Å². The van der Waals surface area contributed by atoms with E-state index in [0.717, 1.165) is 0 Å². The van der Waals surface area contributed by atoms with Crippen molar-refractivity contribution < 1.29 is 9.32 Å². The Balaban J connectivity index is 2.59. The van der Waals surface area contributed by atoms with E-state index < -0.39 is 0 Å². The fourth-order valence-electron chi connectivity index (χ4n) is 1.21. The Hall–Kier alpha value is -1.32. The van der Waals surface area contributed by atoms with Crippen molar-refractivity contribution in [3.63, 3.8) is 0 Å². The topological polar surface area (TPSA) is 43.1 Å². The number of hydrogen-bond donors (Lipinski definition) is 0. The molecule has 1 aromatic carbocycles. The van der Waals surface area contributed by atoms with Gasteiger partial charge in [0.15, 0.2) is 6.29 Å². The number of carbonyl (C=O) groups is 1. The van der Waals surface area contributed by atoms with Crippen LogP contribution >= 0.6 is 23.2 Å². The number of benzene rings is 1. The standard InChI is InChI=1S/C10H5Cl2NO2/c11-7-1-2-8(9(12)3-7)10-6(4-14)5-15-13-10/h1-5H. The summed E-state index contributed by atoms with van der Waals surface area (Å²) in [5, 5.41) is 4.67. The molecule has 0 saturated heterocycles. The van der Waals surface area contributed by atoms with Crippen LogP contribution in [0, 0.1) is 0 Å². The fraction of sp³-hybridized carbons (Fsp3) is 0. The monoisotopic (exact) mass is 241 g/mol. The molecule has 5 heteroatoms. The molecule has 0 unspecified atom stereocenters. The zero-order chi connectivity index (χ0) is 10.8. The van der Waals surface area contributed by atoms with E-state index in [1.165, 1.54) is 6.26 Å². The number of carbonyl (C=O) groups excluding carboxylic acids is 1. The van der Waals surface area contributed by atoms with Gasteiger partial charge in [-0.05, 0) is 18.2 Å². The number of hydrogen-bond acceptors (Lipinski definition) is 3. The van der Waals surface area contributed by atoms with Gasteiger partial charge in [0.1, 0.15) is 12.0 Å². The molecule has 0 aliphatic carbocycles. The molecule has 2 rings (SSSR count). The van der Waals surface area contributed by atoms with Crippen LogP contribution in [-0.2, 0) is 0 Å². The van der Waals surface area contributed by atoms with E-state index in [1.54, 1.807) is 18.2 Å². The molecule has 0 N–H and O–H groups in total. The summed E-state index contributed by atoms with van der Waals surface area (Å²) < 4.78 is 4.70. The van der Waals surface area contributed by atoms with Crippen LogP contribution in [0.1, 0.15) is 10.4 Å². The summed E-state index contributed by atoms with van der Waals surface area (Å²) in [5.41, 5.74) is 1.41. The molecule has 15 heavy (non-hydrogen) atoms. The maximum Gasteiger partial charge on any atom is 0.155 e. The second-order valence-electron chi connectivity index (χ2n) is 2.86. The molecule has 1 heterocycles. The number of aldehydes is 1. The van der Waals surface area contributed by atoms with Crippen molar-refractivity contribution >= 4 is 29.5 Å². The minimum atomic E-state index is 0.360. The number of nitrogens with zero attached hydrogens (tertiary/aromatic N) is 1. The van der Waals surface area contributed by atoms with Gasteiger partial charge in [-0.1, -0.05) is 28.4 Å². The maximum atomic E-state index is 10.7. The quantitative estimate of drug-likeness (QED) is 0.757. The van der Waals surface area contributed by atoms with E-state index in [2.05, 4.69) is 5.16 Å². The third kappa shape index (κ3) is 1.89. The van der Waals surface area contributed by atoms with Gasteiger partial charge in [-0.25, -0.2) is 0 Å². The molecule has 2 aromatic rings. The van der Waals surface area contributed by atoms with Crippen molar-refractivity contribution in [1.82, 2.24) is 5.16 Å². The average Bonchev–Trinajstić information content (AvgIpc) is 2.65. The highest BCUT2D eigenvalue weighted by Crippen LogP contribution is 2.30. The first-order valence-corrected chi connectivity index (χ1v) is 4.83. The Morgan fingerprint density at radius 3 is 2.80 bits per heavy atom. The minimum Gasteiger partial charge on any atom is -0.363 e. The van der Waals surface area contributed by atoms with Gasteiger partial charge in [-0.3, -0.25) is 4.79 Å². The van der Waals surface area contributed by atoms with E-state index >= 15 is 0 Å². The van der Waals surface area contributed by atoms with Crippen LogP contribution < -0.4 is 0 Å². The molecule has 0 fully saturated rings.